The van der Waals surface area contributed by atoms with E-state index in [4.69, 9.17) is 4.74 Å². The normalized spacial score (nSPS) is 18.4. The lowest BCUT2D eigenvalue weighted by Gasteiger charge is -2.33. The number of para-hydroxylation sites is 2. The number of carbonyl (C=O) groups is 1. The van der Waals surface area contributed by atoms with Crippen LogP contribution in [0, 0.1) is 0 Å². The molecule has 1 amide bonds. The number of hydrogen-bond donors (Lipinski definition) is 1. The van der Waals surface area contributed by atoms with Crippen LogP contribution >= 0.6 is 0 Å². The molecule has 0 aliphatic carbocycles. The predicted molar refractivity (Wildman–Crippen MR) is 71.7 cm³/mol. The molecule has 1 atom stereocenters. The summed E-state index contributed by atoms with van der Waals surface area (Å²) in [6.07, 6.45) is 0.286. The maximum Gasteiger partial charge on any atom is 0.262 e. The summed E-state index contributed by atoms with van der Waals surface area (Å²) in [6, 6.07) is 6.77. The summed E-state index contributed by atoms with van der Waals surface area (Å²) in [7, 11) is -3.45. The zero-order valence-corrected chi connectivity index (χ0v) is 11.6. The van der Waals surface area contributed by atoms with Gasteiger partial charge in [0.15, 0.2) is 6.10 Å². The number of ether oxygens (including phenoxy) is 1. The van der Waals surface area contributed by atoms with Gasteiger partial charge in [-0.3, -0.25) is 9.10 Å². The van der Waals surface area contributed by atoms with E-state index in [1.165, 1.54) is 4.31 Å². The van der Waals surface area contributed by atoms with Gasteiger partial charge >= 0.3 is 0 Å². The molecule has 0 saturated carbocycles. The molecule has 0 aromatic heterocycles. The van der Waals surface area contributed by atoms with Crippen LogP contribution in [0.3, 0.4) is 0 Å². The smallest absolute Gasteiger partial charge is 0.262 e. The van der Waals surface area contributed by atoms with Gasteiger partial charge in [0.25, 0.3) is 5.91 Å². The van der Waals surface area contributed by atoms with Gasteiger partial charge in [0.1, 0.15) is 5.75 Å². The second kappa shape index (κ2) is 5.08. The summed E-state index contributed by atoms with van der Waals surface area (Å²) in [4.78, 5) is 11.8. The number of hydrogen-bond acceptors (Lipinski definition) is 4. The lowest BCUT2D eigenvalue weighted by Crippen LogP contribution is -2.50. The molecule has 1 aliphatic heterocycles. The number of nitrogens with zero attached hydrogens (tertiary/aromatic N) is 1. The Morgan fingerprint density at radius 1 is 1.47 bits per heavy atom. The molecule has 0 bridgehead atoms. The van der Waals surface area contributed by atoms with E-state index in [2.05, 4.69) is 5.32 Å². The fourth-order valence-corrected chi connectivity index (χ4v) is 2.86. The van der Waals surface area contributed by atoms with Crippen molar-refractivity contribution < 1.29 is 17.9 Å². The van der Waals surface area contributed by atoms with Gasteiger partial charge in [0.2, 0.25) is 10.0 Å². The van der Waals surface area contributed by atoms with Gasteiger partial charge in [-0.1, -0.05) is 12.1 Å². The van der Waals surface area contributed by atoms with Crippen molar-refractivity contribution in [2.75, 3.05) is 23.7 Å². The highest BCUT2D eigenvalue weighted by atomic mass is 32.2. The summed E-state index contributed by atoms with van der Waals surface area (Å²) in [5, 5.41) is 2.63. The average Bonchev–Trinajstić information content (AvgIpc) is 2.36. The Bertz CT molecular complexity index is 585. The number of benzene rings is 1. The quantitative estimate of drug-likeness (QED) is 0.869. The standard InChI is InChI=1S/C12H16N2O4S/c1-3-13-12(15)11-8-14(19(2,16)17)9-6-4-5-7-10(9)18-11/h4-7,11H,3,8H2,1-2H3,(H,13,15)/t11-/m1/s1. The van der Waals surface area contributed by atoms with Crippen LogP contribution in [-0.4, -0.2) is 39.8 Å². The van der Waals surface area contributed by atoms with E-state index in [9.17, 15) is 13.2 Å². The lowest BCUT2D eigenvalue weighted by molar-refractivity contribution is -0.127. The zero-order valence-electron chi connectivity index (χ0n) is 10.8. The Hall–Kier alpha value is -1.76. The first-order valence-corrected chi connectivity index (χ1v) is 7.79. The maximum atomic E-state index is 11.8. The van der Waals surface area contributed by atoms with Crippen LogP contribution in [0.15, 0.2) is 24.3 Å². The zero-order chi connectivity index (χ0) is 14.0. The van der Waals surface area contributed by atoms with Gasteiger partial charge < -0.3 is 10.1 Å². The fourth-order valence-electron chi connectivity index (χ4n) is 1.94. The Labute approximate surface area is 112 Å². The number of anilines is 1. The van der Waals surface area contributed by atoms with Crippen molar-refractivity contribution in [2.24, 2.45) is 0 Å². The molecular formula is C12H16N2O4S. The van der Waals surface area contributed by atoms with Crippen LogP contribution in [0.2, 0.25) is 0 Å². The van der Waals surface area contributed by atoms with Crippen LogP contribution in [0.4, 0.5) is 5.69 Å². The predicted octanol–water partition coefficient (Wildman–Crippen LogP) is 0.350. The number of sulfonamides is 1. The van der Waals surface area contributed by atoms with Crippen molar-refractivity contribution >= 4 is 21.6 Å². The molecule has 0 unspecified atom stereocenters. The largest absolute Gasteiger partial charge is 0.476 e. The van der Waals surface area contributed by atoms with Crippen LogP contribution in [-0.2, 0) is 14.8 Å². The molecule has 0 radical (unpaired) electrons. The molecule has 0 saturated heterocycles. The molecule has 1 N–H and O–H groups in total. The highest BCUT2D eigenvalue weighted by Crippen LogP contribution is 2.34. The molecule has 6 nitrogen and oxygen atoms in total. The van der Waals surface area contributed by atoms with Gasteiger partial charge in [0.05, 0.1) is 18.5 Å². The Balaban J connectivity index is 2.38. The van der Waals surface area contributed by atoms with Gasteiger partial charge in [-0.15, -0.1) is 0 Å². The molecule has 1 heterocycles. The minimum Gasteiger partial charge on any atom is -0.476 e. The van der Waals surface area contributed by atoms with Gasteiger partial charge in [-0.2, -0.15) is 0 Å². The van der Waals surface area contributed by atoms with E-state index >= 15 is 0 Å². The summed E-state index contributed by atoms with van der Waals surface area (Å²) in [5.74, 6) is 0.0843. The highest BCUT2D eigenvalue weighted by Gasteiger charge is 2.34. The van der Waals surface area contributed by atoms with Crippen LogP contribution < -0.4 is 14.4 Å². The van der Waals surface area contributed by atoms with E-state index in [0.717, 1.165) is 6.26 Å². The van der Waals surface area contributed by atoms with Crippen LogP contribution in [0.5, 0.6) is 5.75 Å². The van der Waals surface area contributed by atoms with Gasteiger partial charge in [-0.05, 0) is 19.1 Å². The monoisotopic (exact) mass is 284 g/mol. The number of likely N-dealkylation sites (N-methyl/N-ethyl adjacent to an activating group) is 1. The molecule has 19 heavy (non-hydrogen) atoms. The van der Waals surface area contributed by atoms with Crippen molar-refractivity contribution in [1.29, 1.82) is 0 Å². The summed E-state index contributed by atoms with van der Waals surface area (Å²) in [6.45, 7) is 2.25. The lowest BCUT2D eigenvalue weighted by atomic mass is 10.2. The number of carbonyl (C=O) groups excluding carboxylic acids is 1. The van der Waals surface area contributed by atoms with Crippen molar-refractivity contribution in [3.8, 4) is 5.75 Å². The number of fused-ring (bicyclic) bond motifs is 1. The number of amides is 1. The molecule has 1 aromatic rings. The molecule has 104 valence electrons. The first-order valence-electron chi connectivity index (χ1n) is 5.94. The van der Waals surface area contributed by atoms with Crippen molar-refractivity contribution in [2.45, 2.75) is 13.0 Å². The first-order chi connectivity index (χ1) is 8.93. The maximum absolute atomic E-state index is 11.8. The Morgan fingerprint density at radius 3 is 2.79 bits per heavy atom. The first kappa shape index (κ1) is 13.7. The number of nitrogens with one attached hydrogen (secondary N) is 1. The summed E-state index contributed by atoms with van der Waals surface area (Å²) >= 11 is 0. The molecule has 7 heteroatoms. The Morgan fingerprint density at radius 2 is 2.16 bits per heavy atom. The topological polar surface area (TPSA) is 75.7 Å². The second-order valence-corrected chi connectivity index (χ2v) is 6.17. The van der Waals surface area contributed by atoms with E-state index < -0.39 is 16.1 Å². The third kappa shape index (κ3) is 2.81. The summed E-state index contributed by atoms with van der Waals surface area (Å²) < 4.78 is 30.4. The SMILES string of the molecule is CCNC(=O)[C@H]1CN(S(C)(=O)=O)c2ccccc2O1. The van der Waals surface area contributed by atoms with Gasteiger partial charge in [0, 0.05) is 6.54 Å². The van der Waals surface area contributed by atoms with E-state index in [0.29, 0.717) is 18.0 Å². The van der Waals surface area contributed by atoms with E-state index in [-0.39, 0.29) is 12.5 Å². The minimum atomic E-state index is -3.45. The highest BCUT2D eigenvalue weighted by molar-refractivity contribution is 7.92. The van der Waals surface area contributed by atoms with E-state index in [1.54, 1.807) is 31.2 Å². The minimum absolute atomic E-state index is 0.0122. The van der Waals surface area contributed by atoms with Crippen LogP contribution in [0.25, 0.3) is 0 Å². The van der Waals surface area contributed by atoms with Crippen molar-refractivity contribution in [3.05, 3.63) is 24.3 Å². The average molecular weight is 284 g/mol. The fraction of sp³-hybridized carbons (Fsp3) is 0.417. The molecule has 0 spiro atoms. The van der Waals surface area contributed by atoms with E-state index in [1.807, 2.05) is 0 Å². The molecule has 1 aliphatic rings. The molecule has 2 rings (SSSR count). The summed E-state index contributed by atoms with van der Waals surface area (Å²) in [5.41, 5.74) is 0.463. The van der Waals surface area contributed by atoms with Crippen molar-refractivity contribution in [1.82, 2.24) is 5.32 Å². The van der Waals surface area contributed by atoms with Crippen LogP contribution in [0.1, 0.15) is 6.92 Å². The Kier molecular flexibility index (Phi) is 3.66. The molecule has 1 aromatic carbocycles. The third-order valence-corrected chi connectivity index (χ3v) is 3.93. The molecule has 0 fully saturated rings. The molecular weight excluding hydrogens is 268 g/mol. The third-order valence-electron chi connectivity index (χ3n) is 2.78. The number of rotatable bonds is 3. The van der Waals surface area contributed by atoms with Crippen molar-refractivity contribution in [3.63, 3.8) is 0 Å². The second-order valence-electron chi connectivity index (χ2n) is 4.26. The van der Waals surface area contributed by atoms with Gasteiger partial charge in [-0.25, -0.2) is 8.42 Å².